The van der Waals surface area contributed by atoms with Crippen molar-refractivity contribution in [2.45, 2.75) is 64.4 Å². The summed E-state index contributed by atoms with van der Waals surface area (Å²) in [6.07, 6.45) is 9.81. The first-order valence-corrected chi connectivity index (χ1v) is 6.68. The first kappa shape index (κ1) is 15.9. The minimum Gasteiger partial charge on any atom is -0.394 e. The van der Waals surface area contributed by atoms with E-state index in [1.54, 1.807) is 0 Å². The SMILES string of the molecule is CCCCCCCCCCOC(CO)CO. The molecular formula is C13H28O3. The maximum absolute atomic E-state index is 8.76. The monoisotopic (exact) mass is 232 g/mol. The fraction of sp³-hybridized carbons (Fsp3) is 1.00. The van der Waals surface area contributed by atoms with E-state index in [9.17, 15) is 0 Å². The lowest BCUT2D eigenvalue weighted by atomic mass is 10.1. The lowest BCUT2D eigenvalue weighted by molar-refractivity contribution is -0.0208. The molecule has 0 radical (unpaired) electrons. The van der Waals surface area contributed by atoms with Gasteiger partial charge in [0.05, 0.1) is 13.2 Å². The normalized spacial score (nSPS) is 11.2. The zero-order valence-electron chi connectivity index (χ0n) is 10.7. The third-order valence-corrected chi connectivity index (χ3v) is 2.76. The molecule has 0 aliphatic rings. The molecule has 0 saturated heterocycles. The Labute approximate surface area is 99.8 Å². The van der Waals surface area contributed by atoms with E-state index in [1.165, 1.54) is 44.9 Å². The molecule has 0 aromatic rings. The summed E-state index contributed by atoms with van der Waals surface area (Å²) in [5.41, 5.74) is 0. The second-order valence-electron chi connectivity index (χ2n) is 4.33. The van der Waals surface area contributed by atoms with Crippen LogP contribution in [0.3, 0.4) is 0 Å². The van der Waals surface area contributed by atoms with Crippen molar-refractivity contribution in [3.8, 4) is 0 Å². The Hall–Kier alpha value is -0.120. The first-order chi connectivity index (χ1) is 7.85. The lowest BCUT2D eigenvalue weighted by Crippen LogP contribution is -2.22. The Bertz CT molecular complexity index is 124. The van der Waals surface area contributed by atoms with E-state index < -0.39 is 0 Å². The molecule has 0 aliphatic carbocycles. The lowest BCUT2D eigenvalue weighted by Gasteiger charge is -2.11. The van der Waals surface area contributed by atoms with E-state index in [4.69, 9.17) is 14.9 Å². The average Bonchev–Trinajstić information content (AvgIpc) is 2.32. The molecule has 0 rings (SSSR count). The van der Waals surface area contributed by atoms with Gasteiger partial charge in [0, 0.05) is 6.61 Å². The zero-order valence-corrected chi connectivity index (χ0v) is 10.7. The molecule has 16 heavy (non-hydrogen) atoms. The molecule has 0 saturated carbocycles. The Morgan fingerprint density at radius 3 is 1.81 bits per heavy atom. The van der Waals surface area contributed by atoms with Crippen LogP contribution in [0.15, 0.2) is 0 Å². The van der Waals surface area contributed by atoms with Crippen molar-refractivity contribution >= 4 is 0 Å². The van der Waals surface area contributed by atoms with Crippen molar-refractivity contribution in [2.24, 2.45) is 0 Å². The third-order valence-electron chi connectivity index (χ3n) is 2.76. The number of rotatable bonds is 12. The van der Waals surface area contributed by atoms with Crippen LogP contribution >= 0.6 is 0 Å². The maximum atomic E-state index is 8.76. The van der Waals surface area contributed by atoms with Gasteiger partial charge in [0.1, 0.15) is 6.10 Å². The average molecular weight is 232 g/mol. The summed E-state index contributed by atoms with van der Waals surface area (Å²) in [6, 6.07) is 0. The predicted molar refractivity (Wildman–Crippen MR) is 66.5 cm³/mol. The highest BCUT2D eigenvalue weighted by atomic mass is 16.5. The molecule has 3 nitrogen and oxygen atoms in total. The van der Waals surface area contributed by atoms with E-state index in [2.05, 4.69) is 6.92 Å². The van der Waals surface area contributed by atoms with Gasteiger partial charge < -0.3 is 14.9 Å². The summed E-state index contributed by atoms with van der Waals surface area (Å²) < 4.78 is 5.29. The summed E-state index contributed by atoms with van der Waals surface area (Å²) in [4.78, 5) is 0. The number of unbranched alkanes of at least 4 members (excludes halogenated alkanes) is 7. The van der Waals surface area contributed by atoms with Gasteiger partial charge in [0.25, 0.3) is 0 Å². The van der Waals surface area contributed by atoms with Gasteiger partial charge in [-0.15, -0.1) is 0 Å². The van der Waals surface area contributed by atoms with Crippen molar-refractivity contribution in [3.05, 3.63) is 0 Å². The Morgan fingerprint density at radius 1 is 0.812 bits per heavy atom. The molecule has 2 N–H and O–H groups in total. The van der Waals surface area contributed by atoms with Crippen LogP contribution in [0.25, 0.3) is 0 Å². The van der Waals surface area contributed by atoms with Crippen molar-refractivity contribution in [3.63, 3.8) is 0 Å². The van der Waals surface area contributed by atoms with Gasteiger partial charge in [-0.1, -0.05) is 51.9 Å². The standard InChI is InChI=1S/C13H28O3/c1-2-3-4-5-6-7-8-9-10-16-13(11-14)12-15/h13-15H,2-12H2,1H3. The number of hydrogen-bond donors (Lipinski definition) is 2. The molecule has 0 heterocycles. The molecule has 0 amide bonds. The fourth-order valence-corrected chi connectivity index (χ4v) is 1.65. The van der Waals surface area contributed by atoms with E-state index in [1.807, 2.05) is 0 Å². The van der Waals surface area contributed by atoms with Gasteiger partial charge in [-0.25, -0.2) is 0 Å². The minimum absolute atomic E-state index is 0.0898. The molecule has 0 aliphatic heterocycles. The highest BCUT2D eigenvalue weighted by Gasteiger charge is 2.04. The van der Waals surface area contributed by atoms with Gasteiger partial charge in [-0.2, -0.15) is 0 Å². The van der Waals surface area contributed by atoms with Crippen LogP contribution < -0.4 is 0 Å². The molecule has 0 atom stereocenters. The molecule has 0 bridgehead atoms. The van der Waals surface area contributed by atoms with Crippen molar-refractivity contribution < 1.29 is 14.9 Å². The Kier molecular flexibility index (Phi) is 12.9. The van der Waals surface area contributed by atoms with Gasteiger partial charge in [-0.05, 0) is 6.42 Å². The van der Waals surface area contributed by atoms with Gasteiger partial charge in [0.2, 0.25) is 0 Å². The molecule has 98 valence electrons. The Balaban J connectivity index is 3.03. The quantitative estimate of drug-likeness (QED) is 0.508. The number of hydrogen-bond acceptors (Lipinski definition) is 3. The highest BCUT2D eigenvalue weighted by Crippen LogP contribution is 2.08. The smallest absolute Gasteiger partial charge is 0.104 e. The van der Waals surface area contributed by atoms with Crippen LogP contribution in [0.4, 0.5) is 0 Å². The minimum atomic E-state index is -0.385. The van der Waals surface area contributed by atoms with Crippen LogP contribution in [0.2, 0.25) is 0 Å². The fourth-order valence-electron chi connectivity index (χ4n) is 1.65. The predicted octanol–water partition coefficient (Wildman–Crippen LogP) is 2.50. The molecular weight excluding hydrogens is 204 g/mol. The second-order valence-corrected chi connectivity index (χ2v) is 4.33. The van der Waals surface area contributed by atoms with E-state index in [0.717, 1.165) is 6.42 Å². The van der Waals surface area contributed by atoms with Crippen LogP contribution in [0, 0.1) is 0 Å². The first-order valence-electron chi connectivity index (χ1n) is 6.68. The van der Waals surface area contributed by atoms with Crippen molar-refractivity contribution in [1.29, 1.82) is 0 Å². The van der Waals surface area contributed by atoms with E-state index in [-0.39, 0.29) is 19.3 Å². The topological polar surface area (TPSA) is 49.7 Å². The third kappa shape index (κ3) is 10.4. The number of aliphatic hydroxyl groups excluding tert-OH is 2. The molecule has 0 aromatic heterocycles. The van der Waals surface area contributed by atoms with Crippen LogP contribution in [0.5, 0.6) is 0 Å². The molecule has 0 spiro atoms. The maximum Gasteiger partial charge on any atom is 0.104 e. The van der Waals surface area contributed by atoms with Crippen LogP contribution in [-0.2, 0) is 4.74 Å². The molecule has 0 fully saturated rings. The highest BCUT2D eigenvalue weighted by molar-refractivity contribution is 4.52. The summed E-state index contributed by atoms with van der Waals surface area (Å²) in [7, 11) is 0. The number of ether oxygens (including phenoxy) is 1. The summed E-state index contributed by atoms with van der Waals surface area (Å²) >= 11 is 0. The zero-order chi connectivity index (χ0) is 12.1. The van der Waals surface area contributed by atoms with Gasteiger partial charge in [0.15, 0.2) is 0 Å². The van der Waals surface area contributed by atoms with Crippen molar-refractivity contribution in [2.75, 3.05) is 19.8 Å². The van der Waals surface area contributed by atoms with Crippen molar-refractivity contribution in [1.82, 2.24) is 0 Å². The van der Waals surface area contributed by atoms with Crippen LogP contribution in [-0.4, -0.2) is 36.1 Å². The summed E-state index contributed by atoms with van der Waals surface area (Å²) in [6.45, 7) is 2.71. The number of aliphatic hydroxyl groups is 2. The summed E-state index contributed by atoms with van der Waals surface area (Å²) in [5.74, 6) is 0. The van der Waals surface area contributed by atoms with E-state index in [0.29, 0.717) is 6.61 Å². The summed E-state index contributed by atoms with van der Waals surface area (Å²) in [5, 5.41) is 17.5. The Morgan fingerprint density at radius 2 is 1.31 bits per heavy atom. The van der Waals surface area contributed by atoms with Gasteiger partial charge in [-0.3, -0.25) is 0 Å². The van der Waals surface area contributed by atoms with Gasteiger partial charge >= 0.3 is 0 Å². The largest absolute Gasteiger partial charge is 0.394 e. The second kappa shape index (κ2) is 12.9. The van der Waals surface area contributed by atoms with E-state index >= 15 is 0 Å². The molecule has 0 aromatic carbocycles. The molecule has 0 unspecified atom stereocenters. The van der Waals surface area contributed by atoms with Crippen LogP contribution in [0.1, 0.15) is 58.3 Å². The molecule has 3 heteroatoms.